The second-order valence-electron chi connectivity index (χ2n) is 3.20. The molecule has 0 spiro atoms. The average Bonchev–Trinajstić information content (AvgIpc) is 2.17. The van der Waals surface area contributed by atoms with Crippen molar-refractivity contribution < 1.29 is 14.2 Å². The van der Waals surface area contributed by atoms with Crippen LogP contribution < -0.4 is 5.32 Å². The zero-order valence-corrected chi connectivity index (χ0v) is 7.29. The Morgan fingerprint density at radius 2 is 2.00 bits per heavy atom. The highest BCUT2D eigenvalue weighted by Crippen LogP contribution is 2.21. The SMILES string of the molecule is CN[C@@H]1CO[C@H]2OCCO[C@H]2C1. The largest absolute Gasteiger partial charge is 0.370 e. The lowest BCUT2D eigenvalue weighted by Crippen LogP contribution is -2.51. The zero-order chi connectivity index (χ0) is 8.39. The number of likely N-dealkylation sites (N-methyl/N-ethyl adjacent to an activating group) is 1. The van der Waals surface area contributed by atoms with Crippen molar-refractivity contribution in [1.82, 2.24) is 5.32 Å². The fourth-order valence-corrected chi connectivity index (χ4v) is 1.64. The van der Waals surface area contributed by atoms with E-state index < -0.39 is 0 Å². The van der Waals surface area contributed by atoms with Gasteiger partial charge in [0.05, 0.1) is 19.8 Å². The molecule has 0 bridgehead atoms. The molecule has 4 heteroatoms. The highest BCUT2D eigenvalue weighted by Gasteiger charge is 2.34. The van der Waals surface area contributed by atoms with Crippen LogP contribution in [0.15, 0.2) is 0 Å². The second kappa shape index (κ2) is 3.70. The van der Waals surface area contributed by atoms with E-state index in [-0.39, 0.29) is 12.4 Å². The molecule has 1 N–H and O–H groups in total. The van der Waals surface area contributed by atoms with Crippen LogP contribution in [-0.2, 0) is 14.2 Å². The van der Waals surface area contributed by atoms with E-state index >= 15 is 0 Å². The van der Waals surface area contributed by atoms with E-state index in [0.29, 0.717) is 19.3 Å². The summed E-state index contributed by atoms with van der Waals surface area (Å²) in [5, 5.41) is 3.18. The summed E-state index contributed by atoms with van der Waals surface area (Å²) in [6.07, 6.45) is 0.995. The van der Waals surface area contributed by atoms with Crippen LogP contribution in [0.5, 0.6) is 0 Å². The summed E-state index contributed by atoms with van der Waals surface area (Å²) in [6.45, 7) is 2.08. The van der Waals surface area contributed by atoms with Crippen molar-refractivity contribution in [3.05, 3.63) is 0 Å². The van der Waals surface area contributed by atoms with Gasteiger partial charge in [-0.1, -0.05) is 0 Å². The predicted molar refractivity (Wildman–Crippen MR) is 42.9 cm³/mol. The van der Waals surface area contributed by atoms with Gasteiger partial charge in [0.2, 0.25) is 0 Å². The Morgan fingerprint density at radius 3 is 2.83 bits per heavy atom. The normalized spacial score (nSPS) is 42.2. The molecule has 2 fully saturated rings. The lowest BCUT2D eigenvalue weighted by molar-refractivity contribution is -0.269. The number of rotatable bonds is 1. The van der Waals surface area contributed by atoms with Crippen molar-refractivity contribution in [3.8, 4) is 0 Å². The molecule has 12 heavy (non-hydrogen) atoms. The number of hydrogen-bond acceptors (Lipinski definition) is 4. The Bertz CT molecular complexity index is 153. The van der Waals surface area contributed by atoms with E-state index in [1.807, 2.05) is 7.05 Å². The number of ether oxygens (including phenoxy) is 3. The molecule has 4 nitrogen and oxygen atoms in total. The predicted octanol–water partition coefficient (Wildman–Crippen LogP) is -0.264. The summed E-state index contributed by atoms with van der Waals surface area (Å²) in [6, 6.07) is 0.410. The Morgan fingerprint density at radius 1 is 1.17 bits per heavy atom. The van der Waals surface area contributed by atoms with Gasteiger partial charge in [0.25, 0.3) is 0 Å². The van der Waals surface area contributed by atoms with Gasteiger partial charge >= 0.3 is 0 Å². The highest BCUT2D eigenvalue weighted by molar-refractivity contribution is 4.79. The molecular formula is C8H15NO3. The van der Waals surface area contributed by atoms with Crippen LogP contribution in [0.2, 0.25) is 0 Å². The standard InChI is InChI=1S/C8H15NO3/c1-9-6-4-7-8(12-5-6)11-3-2-10-7/h6-9H,2-5H2,1H3/t6-,7-,8+/m0/s1. The van der Waals surface area contributed by atoms with Crippen LogP contribution in [0, 0.1) is 0 Å². The molecule has 0 amide bonds. The maximum absolute atomic E-state index is 5.52. The van der Waals surface area contributed by atoms with Crippen molar-refractivity contribution in [3.63, 3.8) is 0 Å². The monoisotopic (exact) mass is 173 g/mol. The Hall–Kier alpha value is -0.160. The smallest absolute Gasteiger partial charge is 0.183 e. The third-order valence-corrected chi connectivity index (χ3v) is 2.39. The first-order valence-corrected chi connectivity index (χ1v) is 4.42. The molecule has 0 aromatic rings. The minimum Gasteiger partial charge on any atom is -0.370 e. The molecule has 0 aromatic carbocycles. The number of nitrogens with one attached hydrogen (secondary N) is 1. The van der Waals surface area contributed by atoms with E-state index in [9.17, 15) is 0 Å². The first-order valence-electron chi connectivity index (χ1n) is 4.42. The maximum atomic E-state index is 5.52. The van der Waals surface area contributed by atoms with Crippen LogP contribution in [0.4, 0.5) is 0 Å². The van der Waals surface area contributed by atoms with E-state index in [2.05, 4.69) is 5.32 Å². The van der Waals surface area contributed by atoms with Crippen molar-refractivity contribution in [2.45, 2.75) is 24.9 Å². The lowest BCUT2D eigenvalue weighted by atomic mass is 10.1. The summed E-state index contributed by atoms with van der Waals surface area (Å²) < 4.78 is 16.4. The summed E-state index contributed by atoms with van der Waals surface area (Å²) in [7, 11) is 1.94. The van der Waals surface area contributed by atoms with Gasteiger partial charge in [-0.05, 0) is 13.5 Å². The molecular weight excluding hydrogens is 158 g/mol. The van der Waals surface area contributed by atoms with Crippen molar-refractivity contribution >= 4 is 0 Å². The average molecular weight is 173 g/mol. The Kier molecular flexibility index (Phi) is 2.60. The fraction of sp³-hybridized carbons (Fsp3) is 1.00. The quantitative estimate of drug-likeness (QED) is 0.593. The molecule has 0 unspecified atom stereocenters. The Balaban J connectivity index is 1.90. The first-order chi connectivity index (χ1) is 5.90. The molecule has 2 saturated heterocycles. The van der Waals surface area contributed by atoms with Crippen molar-refractivity contribution in [2.75, 3.05) is 26.9 Å². The molecule has 3 atom stereocenters. The van der Waals surface area contributed by atoms with Crippen molar-refractivity contribution in [1.29, 1.82) is 0 Å². The molecule has 2 rings (SSSR count). The minimum absolute atomic E-state index is 0.122. The zero-order valence-electron chi connectivity index (χ0n) is 7.29. The van der Waals surface area contributed by atoms with Gasteiger partial charge in [0.1, 0.15) is 6.10 Å². The van der Waals surface area contributed by atoms with Crippen molar-refractivity contribution in [2.24, 2.45) is 0 Å². The van der Waals surface area contributed by atoms with E-state index in [1.54, 1.807) is 0 Å². The molecule has 0 aliphatic carbocycles. The molecule has 70 valence electrons. The molecule has 0 radical (unpaired) electrons. The van der Waals surface area contributed by atoms with Crippen LogP contribution >= 0.6 is 0 Å². The van der Waals surface area contributed by atoms with Crippen LogP contribution in [0.3, 0.4) is 0 Å². The van der Waals surface area contributed by atoms with E-state index in [4.69, 9.17) is 14.2 Å². The van der Waals surface area contributed by atoms with Gasteiger partial charge in [0, 0.05) is 6.04 Å². The van der Waals surface area contributed by atoms with Gasteiger partial charge in [0.15, 0.2) is 6.29 Å². The topological polar surface area (TPSA) is 39.7 Å². The summed E-state index contributed by atoms with van der Waals surface area (Å²) in [5.41, 5.74) is 0. The van der Waals surface area contributed by atoms with E-state index in [0.717, 1.165) is 13.0 Å². The molecule has 2 heterocycles. The molecule has 0 aromatic heterocycles. The summed E-state index contributed by atoms with van der Waals surface area (Å²) in [4.78, 5) is 0. The Labute approximate surface area is 72.2 Å². The summed E-state index contributed by atoms with van der Waals surface area (Å²) >= 11 is 0. The fourth-order valence-electron chi connectivity index (χ4n) is 1.64. The molecule has 0 saturated carbocycles. The second-order valence-corrected chi connectivity index (χ2v) is 3.20. The third-order valence-electron chi connectivity index (χ3n) is 2.39. The summed E-state index contributed by atoms with van der Waals surface area (Å²) in [5.74, 6) is 0. The number of hydrogen-bond donors (Lipinski definition) is 1. The minimum atomic E-state index is -0.122. The van der Waals surface area contributed by atoms with Gasteiger partial charge in [-0.3, -0.25) is 0 Å². The van der Waals surface area contributed by atoms with Gasteiger partial charge in [-0.25, -0.2) is 0 Å². The first kappa shape index (κ1) is 8.44. The molecule has 2 aliphatic rings. The van der Waals surface area contributed by atoms with Crippen LogP contribution in [-0.4, -0.2) is 45.3 Å². The van der Waals surface area contributed by atoms with Gasteiger partial charge in [-0.2, -0.15) is 0 Å². The molecule has 2 aliphatic heterocycles. The number of fused-ring (bicyclic) bond motifs is 1. The third kappa shape index (κ3) is 1.61. The van der Waals surface area contributed by atoms with Gasteiger partial charge in [-0.15, -0.1) is 0 Å². The van der Waals surface area contributed by atoms with Gasteiger partial charge < -0.3 is 19.5 Å². The maximum Gasteiger partial charge on any atom is 0.183 e. The lowest BCUT2D eigenvalue weighted by Gasteiger charge is -2.38. The van der Waals surface area contributed by atoms with Crippen LogP contribution in [0.1, 0.15) is 6.42 Å². The van der Waals surface area contributed by atoms with E-state index in [1.165, 1.54) is 0 Å². The van der Waals surface area contributed by atoms with Crippen LogP contribution in [0.25, 0.3) is 0 Å². The highest BCUT2D eigenvalue weighted by atomic mass is 16.7.